The van der Waals surface area contributed by atoms with E-state index in [0.717, 1.165) is 31.0 Å². The van der Waals surface area contributed by atoms with E-state index >= 15 is 0 Å². The number of carboxylic acid groups (broad SMARTS) is 1. The monoisotopic (exact) mass is 331 g/mol. The summed E-state index contributed by atoms with van der Waals surface area (Å²) < 4.78 is 0. The smallest absolute Gasteiger partial charge is 0.352 e. The van der Waals surface area contributed by atoms with E-state index in [1.807, 2.05) is 13.8 Å². The van der Waals surface area contributed by atoms with E-state index in [2.05, 4.69) is 21.2 Å². The predicted molar refractivity (Wildman–Crippen MR) is 78.0 cm³/mol. The Morgan fingerprint density at radius 2 is 2.00 bits per heavy atom. The van der Waals surface area contributed by atoms with E-state index < -0.39 is 5.97 Å². The molecule has 0 aliphatic heterocycles. The van der Waals surface area contributed by atoms with Crippen LogP contribution in [0.2, 0.25) is 0 Å². The van der Waals surface area contributed by atoms with Crippen LogP contribution in [0.4, 0.5) is 0 Å². The molecule has 0 aromatic rings. The second kappa shape index (κ2) is 7.08. The molecule has 1 fully saturated rings. The van der Waals surface area contributed by atoms with Crippen LogP contribution < -0.4 is 5.32 Å². The first-order valence-corrected chi connectivity index (χ1v) is 7.81. The summed E-state index contributed by atoms with van der Waals surface area (Å²) in [6.07, 6.45) is 6.20. The largest absolute Gasteiger partial charge is 0.477 e. The van der Waals surface area contributed by atoms with Crippen LogP contribution >= 0.6 is 15.9 Å². The fraction of sp³-hybridized carbons (Fsp3) is 0.714. The van der Waals surface area contributed by atoms with Gasteiger partial charge in [0.05, 0.1) is 0 Å². The van der Waals surface area contributed by atoms with E-state index in [1.54, 1.807) is 6.08 Å². The minimum Gasteiger partial charge on any atom is -0.477 e. The molecular formula is C14H22BrNO3. The fourth-order valence-electron chi connectivity index (χ4n) is 1.99. The Labute approximate surface area is 122 Å². The molecule has 0 radical (unpaired) electrons. The molecule has 0 saturated heterocycles. The quantitative estimate of drug-likeness (QED) is 0.408. The van der Waals surface area contributed by atoms with Gasteiger partial charge in [-0.1, -0.05) is 42.3 Å². The lowest BCUT2D eigenvalue weighted by atomic mass is 10.1. The highest BCUT2D eigenvalue weighted by molar-refractivity contribution is 9.09. The fourth-order valence-corrected chi connectivity index (χ4v) is 2.38. The summed E-state index contributed by atoms with van der Waals surface area (Å²) in [6, 6.07) is 0. The van der Waals surface area contributed by atoms with Crippen LogP contribution in [-0.2, 0) is 9.59 Å². The first kappa shape index (κ1) is 16.2. The highest BCUT2D eigenvalue weighted by Crippen LogP contribution is 2.51. The van der Waals surface area contributed by atoms with Gasteiger partial charge in [-0.2, -0.15) is 0 Å². The van der Waals surface area contributed by atoms with Gasteiger partial charge in [-0.25, -0.2) is 4.79 Å². The molecular weight excluding hydrogens is 310 g/mol. The maximum atomic E-state index is 11.8. The van der Waals surface area contributed by atoms with Gasteiger partial charge in [0.2, 0.25) is 5.91 Å². The maximum Gasteiger partial charge on any atom is 0.352 e. The van der Waals surface area contributed by atoms with Crippen LogP contribution in [0.3, 0.4) is 0 Å². The van der Waals surface area contributed by atoms with Gasteiger partial charge in [-0.05, 0) is 31.1 Å². The van der Waals surface area contributed by atoms with Crippen molar-refractivity contribution in [1.29, 1.82) is 0 Å². The lowest BCUT2D eigenvalue weighted by Gasteiger charge is -2.07. The minimum absolute atomic E-state index is 0.0174. The van der Waals surface area contributed by atoms with Crippen LogP contribution in [0.1, 0.15) is 46.0 Å². The molecule has 1 aliphatic carbocycles. The number of nitrogens with one attached hydrogen (secondary N) is 1. The van der Waals surface area contributed by atoms with Crippen molar-refractivity contribution in [2.45, 2.75) is 46.0 Å². The Balaban J connectivity index is 2.42. The third kappa shape index (κ3) is 5.35. The van der Waals surface area contributed by atoms with Gasteiger partial charge in [-0.3, -0.25) is 4.79 Å². The Morgan fingerprint density at radius 3 is 2.47 bits per heavy atom. The van der Waals surface area contributed by atoms with Crippen molar-refractivity contribution in [3.8, 4) is 0 Å². The van der Waals surface area contributed by atoms with Crippen LogP contribution in [0, 0.1) is 11.3 Å². The summed E-state index contributed by atoms with van der Waals surface area (Å²) in [4.78, 5) is 22.9. The molecule has 0 aromatic heterocycles. The molecule has 108 valence electrons. The molecule has 19 heavy (non-hydrogen) atoms. The summed E-state index contributed by atoms with van der Waals surface area (Å²) in [5.74, 6) is -1.28. The molecule has 0 spiro atoms. The zero-order chi connectivity index (χ0) is 14.5. The predicted octanol–water partition coefficient (Wildman–Crippen LogP) is 3.07. The highest BCUT2D eigenvalue weighted by Gasteiger charge is 2.50. The topological polar surface area (TPSA) is 66.4 Å². The van der Waals surface area contributed by atoms with E-state index in [1.165, 1.54) is 0 Å². The number of carbonyl (C=O) groups excluding carboxylic acids is 1. The van der Waals surface area contributed by atoms with Gasteiger partial charge in [0.1, 0.15) is 5.70 Å². The number of unbranched alkanes of at least 4 members (excludes halogenated alkanes) is 3. The van der Waals surface area contributed by atoms with Crippen molar-refractivity contribution in [3.63, 3.8) is 0 Å². The molecule has 0 aromatic carbocycles. The number of hydrogen-bond acceptors (Lipinski definition) is 2. The molecule has 1 amide bonds. The van der Waals surface area contributed by atoms with Crippen LogP contribution in [0.25, 0.3) is 0 Å². The highest BCUT2D eigenvalue weighted by atomic mass is 79.9. The standard InChI is InChI=1S/C14H22BrNO3/c1-14(2)9-10(14)12(17)16-11(13(18)19)7-5-3-4-6-8-15/h7,10H,3-6,8-9H2,1-2H3,(H,16,17)(H,18,19). The van der Waals surface area contributed by atoms with Crippen molar-refractivity contribution in [3.05, 3.63) is 11.8 Å². The molecule has 1 unspecified atom stereocenters. The summed E-state index contributed by atoms with van der Waals surface area (Å²) >= 11 is 3.35. The van der Waals surface area contributed by atoms with Crippen LogP contribution in [-0.4, -0.2) is 22.3 Å². The maximum absolute atomic E-state index is 11.8. The van der Waals surface area contributed by atoms with Gasteiger partial charge in [0, 0.05) is 11.2 Å². The lowest BCUT2D eigenvalue weighted by molar-refractivity contribution is -0.135. The third-order valence-corrected chi connectivity index (χ3v) is 4.07. The van der Waals surface area contributed by atoms with Gasteiger partial charge < -0.3 is 10.4 Å². The van der Waals surface area contributed by atoms with Crippen molar-refractivity contribution >= 4 is 27.8 Å². The Bertz CT molecular complexity index is 377. The Morgan fingerprint density at radius 1 is 1.37 bits per heavy atom. The number of hydrogen-bond donors (Lipinski definition) is 2. The first-order chi connectivity index (χ1) is 8.88. The molecule has 1 atom stereocenters. The molecule has 0 bridgehead atoms. The van der Waals surface area contributed by atoms with E-state index in [4.69, 9.17) is 5.11 Å². The molecule has 1 saturated carbocycles. The number of alkyl halides is 1. The van der Waals surface area contributed by atoms with Crippen molar-refractivity contribution < 1.29 is 14.7 Å². The van der Waals surface area contributed by atoms with Gasteiger partial charge in [0.15, 0.2) is 0 Å². The molecule has 0 heterocycles. The average Bonchev–Trinajstić information content (AvgIpc) is 2.96. The third-order valence-electron chi connectivity index (χ3n) is 3.50. The van der Waals surface area contributed by atoms with Crippen molar-refractivity contribution in [2.24, 2.45) is 11.3 Å². The normalized spacial score (nSPS) is 21.0. The zero-order valence-corrected chi connectivity index (χ0v) is 13.1. The second-order valence-electron chi connectivity index (χ2n) is 5.70. The number of carbonyl (C=O) groups is 2. The summed E-state index contributed by atoms with van der Waals surface area (Å²) in [7, 11) is 0. The zero-order valence-electron chi connectivity index (χ0n) is 11.5. The number of aliphatic carboxylic acids is 1. The van der Waals surface area contributed by atoms with Gasteiger partial charge in [-0.15, -0.1) is 0 Å². The summed E-state index contributed by atoms with van der Waals surface area (Å²) in [6.45, 7) is 4.03. The number of carboxylic acids is 1. The first-order valence-electron chi connectivity index (χ1n) is 6.69. The van der Waals surface area contributed by atoms with E-state index in [0.29, 0.717) is 6.42 Å². The second-order valence-corrected chi connectivity index (χ2v) is 6.49. The number of rotatable bonds is 8. The van der Waals surface area contributed by atoms with Crippen LogP contribution in [0.15, 0.2) is 11.8 Å². The molecule has 1 aliphatic rings. The molecule has 1 rings (SSSR count). The molecule has 5 heteroatoms. The van der Waals surface area contributed by atoms with Crippen molar-refractivity contribution in [1.82, 2.24) is 5.32 Å². The summed E-state index contributed by atoms with van der Waals surface area (Å²) in [5.41, 5.74) is 0.0374. The minimum atomic E-state index is -1.06. The molecule has 4 nitrogen and oxygen atoms in total. The number of amides is 1. The lowest BCUT2D eigenvalue weighted by Crippen LogP contribution is -2.29. The van der Waals surface area contributed by atoms with E-state index in [-0.39, 0.29) is 22.9 Å². The van der Waals surface area contributed by atoms with Crippen molar-refractivity contribution in [2.75, 3.05) is 5.33 Å². The molecule has 2 N–H and O–H groups in total. The van der Waals surface area contributed by atoms with Gasteiger partial charge >= 0.3 is 5.97 Å². The van der Waals surface area contributed by atoms with E-state index in [9.17, 15) is 9.59 Å². The van der Waals surface area contributed by atoms with Gasteiger partial charge in [0.25, 0.3) is 0 Å². The Hall–Kier alpha value is -0.840. The van der Waals surface area contributed by atoms with Crippen LogP contribution in [0.5, 0.6) is 0 Å². The average molecular weight is 332 g/mol. The number of allylic oxidation sites excluding steroid dienone is 1. The Kier molecular flexibility index (Phi) is 6.04. The summed E-state index contributed by atoms with van der Waals surface area (Å²) in [5, 5.41) is 12.6. The SMILES string of the molecule is CC1(C)CC1C(=O)NC(=CCCCCCBr)C(=O)O. The number of halogens is 1.